The fraction of sp³-hybridized carbons (Fsp3) is 0.600. The van der Waals surface area contributed by atoms with Crippen LogP contribution in [0.5, 0.6) is 0 Å². The molecule has 2 N–H and O–H groups in total. The quantitative estimate of drug-likeness (QED) is 0.833. The van der Waals surface area contributed by atoms with Crippen molar-refractivity contribution in [3.05, 3.63) is 30.3 Å². The van der Waals surface area contributed by atoms with Crippen molar-refractivity contribution < 1.29 is 23.7 Å². The van der Waals surface area contributed by atoms with Gasteiger partial charge in [-0.05, 0) is 27.7 Å². The van der Waals surface area contributed by atoms with Gasteiger partial charge >= 0.3 is 0 Å². The Kier molecular flexibility index (Phi) is 4.24. The third-order valence-corrected chi connectivity index (χ3v) is 5.51. The topological polar surface area (TPSA) is 103 Å². The van der Waals surface area contributed by atoms with Crippen molar-refractivity contribution in [1.82, 2.24) is 15.0 Å². The maximum atomic E-state index is 6.49. The van der Waals surface area contributed by atoms with Crippen molar-refractivity contribution >= 4 is 5.82 Å². The Bertz CT molecular complexity index is 900. The lowest BCUT2D eigenvalue weighted by Crippen LogP contribution is -2.41. The number of hydrogen-bond donors (Lipinski definition) is 1. The molecule has 0 aliphatic carbocycles. The number of ether oxygens (including phenoxy) is 5. The molecule has 0 bridgehead atoms. The summed E-state index contributed by atoms with van der Waals surface area (Å²) in [5, 5.41) is 8.70. The van der Waals surface area contributed by atoms with Crippen LogP contribution in [0.1, 0.15) is 33.7 Å². The Morgan fingerprint density at radius 3 is 2.45 bits per heavy atom. The minimum Gasteiger partial charge on any atom is -0.382 e. The molecule has 0 amide bonds. The molecule has 1 aromatic heterocycles. The van der Waals surface area contributed by atoms with Crippen molar-refractivity contribution in [1.29, 1.82) is 0 Å². The first-order chi connectivity index (χ1) is 13.7. The fourth-order valence-electron chi connectivity index (χ4n) is 4.30. The Balaban J connectivity index is 1.52. The molecule has 9 nitrogen and oxygen atoms in total. The van der Waals surface area contributed by atoms with E-state index in [-0.39, 0.29) is 12.1 Å². The molecule has 0 saturated carbocycles. The first-order valence-corrected chi connectivity index (χ1v) is 9.83. The zero-order chi connectivity index (χ0) is 20.4. The van der Waals surface area contributed by atoms with Crippen LogP contribution in [0.3, 0.4) is 0 Å². The highest BCUT2D eigenvalue weighted by atomic mass is 16.8. The molecule has 0 unspecified atom stereocenters. The fourth-order valence-corrected chi connectivity index (χ4v) is 4.30. The molecule has 3 saturated heterocycles. The van der Waals surface area contributed by atoms with Crippen LogP contribution in [-0.2, 0) is 23.7 Å². The molecule has 2 aromatic rings. The summed E-state index contributed by atoms with van der Waals surface area (Å²) in [4.78, 5) is 0. The molecular formula is C20H26N4O5. The second-order valence-corrected chi connectivity index (χ2v) is 8.56. The van der Waals surface area contributed by atoms with Crippen molar-refractivity contribution in [3.63, 3.8) is 0 Å². The predicted octanol–water partition coefficient (Wildman–Crippen LogP) is 2.10. The number of nitrogens with two attached hydrogens (primary N) is 1. The zero-order valence-electron chi connectivity index (χ0n) is 16.9. The van der Waals surface area contributed by atoms with E-state index in [1.165, 1.54) is 0 Å². The van der Waals surface area contributed by atoms with Crippen LogP contribution in [0.25, 0.3) is 11.3 Å². The molecule has 156 valence electrons. The molecule has 1 aromatic carbocycles. The summed E-state index contributed by atoms with van der Waals surface area (Å²) in [7, 11) is 0. The molecule has 0 spiro atoms. The zero-order valence-corrected chi connectivity index (χ0v) is 16.9. The van der Waals surface area contributed by atoms with Crippen molar-refractivity contribution in [2.45, 2.75) is 69.9 Å². The lowest BCUT2D eigenvalue weighted by molar-refractivity contribution is -0.226. The Morgan fingerprint density at radius 1 is 1.00 bits per heavy atom. The van der Waals surface area contributed by atoms with Gasteiger partial charge in [0.1, 0.15) is 30.0 Å². The standard InChI is InChI=1S/C20H26N4O5/c1-19(2)25-10-12(27-19)15-14(16-18(26-15)29-20(3,4)28-16)24-17(21)13(22-23-24)11-8-6-5-7-9-11/h5-9,12,14-16,18H,10,21H2,1-4H3/t12-,14+,15-,16-,18-/m1/s1. The van der Waals surface area contributed by atoms with Crippen molar-refractivity contribution in [3.8, 4) is 11.3 Å². The molecule has 5 atom stereocenters. The van der Waals surface area contributed by atoms with E-state index in [0.29, 0.717) is 18.1 Å². The molecule has 9 heteroatoms. The number of benzene rings is 1. The number of hydrogen-bond acceptors (Lipinski definition) is 8. The highest BCUT2D eigenvalue weighted by Crippen LogP contribution is 2.46. The van der Waals surface area contributed by atoms with Crippen molar-refractivity contribution in [2.24, 2.45) is 0 Å². The van der Waals surface area contributed by atoms with Gasteiger partial charge in [-0.25, -0.2) is 4.68 Å². The number of fused-ring (bicyclic) bond motifs is 1. The first kappa shape index (κ1) is 19.0. The van der Waals surface area contributed by atoms with E-state index in [0.717, 1.165) is 5.56 Å². The van der Waals surface area contributed by atoms with E-state index in [4.69, 9.17) is 29.4 Å². The van der Waals surface area contributed by atoms with Gasteiger partial charge in [0.05, 0.1) is 6.61 Å². The molecule has 3 aliphatic rings. The van der Waals surface area contributed by atoms with Gasteiger partial charge in [-0.15, -0.1) is 5.10 Å². The molecule has 5 rings (SSSR count). The molecule has 29 heavy (non-hydrogen) atoms. The molecule has 3 fully saturated rings. The number of anilines is 1. The van der Waals surface area contributed by atoms with Gasteiger partial charge in [0.25, 0.3) is 0 Å². The highest BCUT2D eigenvalue weighted by Gasteiger charge is 2.59. The average Bonchev–Trinajstić information content (AvgIpc) is 3.37. The summed E-state index contributed by atoms with van der Waals surface area (Å²) in [6, 6.07) is 9.35. The van der Waals surface area contributed by atoms with Gasteiger partial charge in [-0.3, -0.25) is 0 Å². The van der Waals surface area contributed by atoms with E-state index in [1.54, 1.807) is 4.68 Å². The highest BCUT2D eigenvalue weighted by molar-refractivity contribution is 5.69. The van der Waals surface area contributed by atoms with Crippen molar-refractivity contribution in [2.75, 3.05) is 12.3 Å². The smallest absolute Gasteiger partial charge is 0.189 e. The van der Waals surface area contributed by atoms with Crippen LogP contribution in [0.2, 0.25) is 0 Å². The second kappa shape index (κ2) is 6.48. The molecular weight excluding hydrogens is 376 g/mol. The Labute approximate surface area is 169 Å². The Hall–Kier alpha value is -2.04. The van der Waals surface area contributed by atoms with Gasteiger partial charge in [-0.2, -0.15) is 0 Å². The SMILES string of the molecule is CC1(C)O[C@H]2O[C@H]([C@H]3COC(C)(C)O3)[C@H](n3nnc(-c4ccccc4)c3N)[C@H]2O1. The minimum absolute atomic E-state index is 0.306. The van der Waals surface area contributed by atoms with E-state index < -0.39 is 30.1 Å². The number of nitrogen functional groups attached to an aromatic ring is 1. The van der Waals surface area contributed by atoms with Gasteiger partial charge < -0.3 is 29.4 Å². The third-order valence-electron chi connectivity index (χ3n) is 5.51. The first-order valence-electron chi connectivity index (χ1n) is 9.83. The molecule has 4 heterocycles. The largest absolute Gasteiger partial charge is 0.382 e. The van der Waals surface area contributed by atoms with Gasteiger partial charge in [0, 0.05) is 5.56 Å². The summed E-state index contributed by atoms with van der Waals surface area (Å²) < 4.78 is 31.9. The summed E-state index contributed by atoms with van der Waals surface area (Å²) in [5.74, 6) is -0.995. The monoisotopic (exact) mass is 402 g/mol. The normalized spacial score (nSPS) is 35.1. The van der Waals surface area contributed by atoms with E-state index in [2.05, 4.69) is 10.3 Å². The Morgan fingerprint density at radius 2 is 1.76 bits per heavy atom. The summed E-state index contributed by atoms with van der Waals surface area (Å²) in [6.45, 7) is 7.88. The van der Waals surface area contributed by atoms with Crippen LogP contribution in [-0.4, -0.2) is 57.8 Å². The number of rotatable bonds is 3. The van der Waals surface area contributed by atoms with Gasteiger partial charge in [0.15, 0.2) is 23.7 Å². The van der Waals surface area contributed by atoms with Gasteiger partial charge in [0.2, 0.25) is 0 Å². The predicted molar refractivity (Wildman–Crippen MR) is 103 cm³/mol. The lowest BCUT2D eigenvalue weighted by Gasteiger charge is -2.29. The van der Waals surface area contributed by atoms with Crippen LogP contribution >= 0.6 is 0 Å². The van der Waals surface area contributed by atoms with Gasteiger partial charge in [-0.1, -0.05) is 35.5 Å². The maximum Gasteiger partial charge on any atom is 0.189 e. The average molecular weight is 402 g/mol. The van der Waals surface area contributed by atoms with Crippen LogP contribution < -0.4 is 5.73 Å². The van der Waals surface area contributed by atoms with Crippen LogP contribution in [0.4, 0.5) is 5.82 Å². The number of nitrogens with zero attached hydrogens (tertiary/aromatic N) is 3. The van der Waals surface area contributed by atoms with E-state index >= 15 is 0 Å². The van der Waals surface area contributed by atoms with Crippen LogP contribution in [0, 0.1) is 0 Å². The minimum atomic E-state index is -0.761. The third kappa shape index (κ3) is 3.23. The summed E-state index contributed by atoms with van der Waals surface area (Å²) in [6.07, 6.45) is -1.65. The van der Waals surface area contributed by atoms with E-state index in [9.17, 15) is 0 Å². The number of aromatic nitrogens is 3. The lowest BCUT2D eigenvalue weighted by atomic mass is 10.0. The summed E-state index contributed by atoms with van der Waals surface area (Å²) in [5.41, 5.74) is 8.01. The maximum absolute atomic E-state index is 6.49. The molecule has 0 radical (unpaired) electrons. The summed E-state index contributed by atoms with van der Waals surface area (Å²) >= 11 is 0. The van der Waals surface area contributed by atoms with Crippen LogP contribution in [0.15, 0.2) is 30.3 Å². The molecule has 3 aliphatic heterocycles. The van der Waals surface area contributed by atoms with E-state index in [1.807, 2.05) is 58.0 Å². The second-order valence-electron chi connectivity index (χ2n) is 8.56.